The van der Waals surface area contributed by atoms with E-state index < -0.39 is 0 Å². The van der Waals surface area contributed by atoms with Gasteiger partial charge >= 0.3 is 0 Å². The Labute approximate surface area is 173 Å². The molecule has 27 heavy (non-hydrogen) atoms. The van der Waals surface area contributed by atoms with Crippen LogP contribution in [-0.4, -0.2) is 10.1 Å². The van der Waals surface area contributed by atoms with Crippen molar-refractivity contribution in [3.05, 3.63) is 94.2 Å². The number of pyridine rings is 1. The zero-order chi connectivity index (χ0) is 19.4. The monoisotopic (exact) mass is 415 g/mol. The van der Waals surface area contributed by atoms with Crippen LogP contribution in [0.15, 0.2) is 73.1 Å². The molecule has 2 aromatic carbocycles. The molecule has 0 saturated carbocycles. The van der Waals surface area contributed by atoms with E-state index in [0.29, 0.717) is 26.3 Å². The maximum Gasteiger partial charge on any atom is 0.288 e. The minimum atomic E-state index is -0.0435. The van der Waals surface area contributed by atoms with Crippen LogP contribution in [0.1, 0.15) is 11.1 Å². The number of hydrogen-bond donors (Lipinski definition) is 2. The molecule has 0 aliphatic rings. The van der Waals surface area contributed by atoms with Crippen LogP contribution in [-0.2, 0) is 0 Å². The second kappa shape index (κ2) is 8.53. The van der Waals surface area contributed by atoms with Crippen molar-refractivity contribution in [3.8, 4) is 0 Å². The standard InChI is InChI=1S/C21H16Cl2N2OS/c1-14-6-5-7-16(12-14)24-21(27)19(25-10-3-2-4-11-25)20(26)17-9-8-15(22)13-18(17)23/h2-13H,1H3,(H-,24,26,27)/p+1. The summed E-state index contributed by atoms with van der Waals surface area (Å²) >= 11 is 17.9. The highest BCUT2D eigenvalue weighted by Crippen LogP contribution is 2.28. The minimum absolute atomic E-state index is 0.0435. The first-order chi connectivity index (χ1) is 13.0. The third kappa shape index (κ3) is 4.66. The van der Waals surface area contributed by atoms with Crippen molar-refractivity contribution in [1.82, 2.24) is 0 Å². The molecule has 0 saturated heterocycles. The van der Waals surface area contributed by atoms with Gasteiger partial charge in [-0.3, -0.25) is 0 Å². The summed E-state index contributed by atoms with van der Waals surface area (Å²) < 4.78 is 1.74. The normalized spacial score (nSPS) is 11.7. The van der Waals surface area contributed by atoms with Crippen LogP contribution in [0.25, 0.3) is 11.5 Å². The lowest BCUT2D eigenvalue weighted by Crippen LogP contribution is -2.38. The highest BCUT2D eigenvalue weighted by molar-refractivity contribution is 7.81. The number of nitrogens with one attached hydrogen (secondary N) is 1. The molecular formula is C21H17Cl2N2OS+. The minimum Gasteiger partial charge on any atom is -0.502 e. The van der Waals surface area contributed by atoms with Crippen molar-refractivity contribution in [2.45, 2.75) is 6.92 Å². The molecule has 0 unspecified atom stereocenters. The molecule has 0 atom stereocenters. The van der Waals surface area contributed by atoms with Crippen LogP contribution in [0.5, 0.6) is 0 Å². The van der Waals surface area contributed by atoms with E-state index in [-0.39, 0.29) is 5.76 Å². The maximum absolute atomic E-state index is 11.0. The molecule has 0 fully saturated rings. The highest BCUT2D eigenvalue weighted by Gasteiger charge is 2.25. The summed E-state index contributed by atoms with van der Waals surface area (Å²) in [5.41, 5.74) is 2.80. The molecule has 136 valence electrons. The molecule has 1 heterocycles. The number of anilines is 1. The number of hydrogen-bond acceptors (Lipinski definition) is 2. The number of aliphatic hydroxyl groups excluding tert-OH is 1. The Morgan fingerprint density at radius 1 is 1.00 bits per heavy atom. The fraction of sp³-hybridized carbons (Fsp3) is 0.0476. The predicted octanol–water partition coefficient (Wildman–Crippen LogP) is 5.91. The summed E-state index contributed by atoms with van der Waals surface area (Å²) in [5.74, 6) is -0.0435. The Bertz CT molecular complexity index is 1020. The number of aryl methyl sites for hydroxylation is 1. The molecule has 1 aromatic heterocycles. The number of nitrogens with zero attached hydrogens (tertiary/aromatic N) is 1. The molecule has 3 nitrogen and oxygen atoms in total. The van der Waals surface area contributed by atoms with Gasteiger partial charge in [-0.2, -0.15) is 4.57 Å². The van der Waals surface area contributed by atoms with Crippen molar-refractivity contribution in [3.63, 3.8) is 0 Å². The van der Waals surface area contributed by atoms with E-state index in [1.807, 2.05) is 49.4 Å². The first-order valence-corrected chi connectivity index (χ1v) is 9.35. The van der Waals surface area contributed by atoms with Gasteiger partial charge in [-0.15, -0.1) is 0 Å². The molecule has 0 bridgehead atoms. The molecule has 0 radical (unpaired) electrons. The van der Waals surface area contributed by atoms with Gasteiger partial charge in [0.15, 0.2) is 17.4 Å². The van der Waals surface area contributed by atoms with E-state index in [1.54, 1.807) is 35.2 Å². The summed E-state index contributed by atoms with van der Waals surface area (Å²) in [6.07, 6.45) is 3.61. The fourth-order valence-corrected chi connectivity index (χ4v) is 3.43. The summed E-state index contributed by atoms with van der Waals surface area (Å²) in [5, 5.41) is 15.0. The summed E-state index contributed by atoms with van der Waals surface area (Å²) in [4.78, 5) is 0.361. The largest absolute Gasteiger partial charge is 0.502 e. The van der Waals surface area contributed by atoms with Gasteiger partial charge in [0.05, 0.1) is 5.02 Å². The average Bonchev–Trinajstić information content (AvgIpc) is 2.62. The topological polar surface area (TPSA) is 36.1 Å². The summed E-state index contributed by atoms with van der Waals surface area (Å²) in [6, 6.07) is 18.3. The van der Waals surface area contributed by atoms with Gasteiger partial charge in [-0.1, -0.05) is 53.6 Å². The van der Waals surface area contributed by atoms with Crippen LogP contribution in [0.3, 0.4) is 0 Å². The number of aliphatic hydroxyl groups is 1. The van der Waals surface area contributed by atoms with E-state index >= 15 is 0 Å². The summed E-state index contributed by atoms with van der Waals surface area (Å²) in [7, 11) is 0. The van der Waals surface area contributed by atoms with E-state index in [4.69, 9.17) is 35.4 Å². The van der Waals surface area contributed by atoms with Gasteiger partial charge in [-0.05, 0) is 42.8 Å². The molecule has 0 aliphatic heterocycles. The van der Waals surface area contributed by atoms with Gasteiger partial charge in [0.25, 0.3) is 5.70 Å². The Morgan fingerprint density at radius 3 is 2.41 bits per heavy atom. The lowest BCUT2D eigenvalue weighted by molar-refractivity contribution is -0.575. The number of thiocarbonyl (C=S) groups is 1. The number of benzene rings is 2. The van der Waals surface area contributed by atoms with Gasteiger partial charge in [0.1, 0.15) is 0 Å². The molecular weight excluding hydrogens is 399 g/mol. The van der Waals surface area contributed by atoms with E-state index in [2.05, 4.69) is 5.32 Å². The van der Waals surface area contributed by atoms with E-state index in [9.17, 15) is 5.11 Å². The van der Waals surface area contributed by atoms with Crippen molar-refractivity contribution >= 4 is 57.6 Å². The fourth-order valence-electron chi connectivity index (χ4n) is 2.62. The van der Waals surface area contributed by atoms with Crippen molar-refractivity contribution in [2.75, 3.05) is 5.32 Å². The van der Waals surface area contributed by atoms with Crippen LogP contribution in [0.4, 0.5) is 5.69 Å². The van der Waals surface area contributed by atoms with Crippen LogP contribution in [0.2, 0.25) is 10.0 Å². The van der Waals surface area contributed by atoms with Gasteiger partial charge < -0.3 is 10.4 Å². The third-order valence-corrected chi connectivity index (χ3v) is 4.72. The SMILES string of the molecule is Cc1cccc(NC(=S)/C(=C(/O)c2ccc(Cl)cc2Cl)[n+]2ccccc2)c1. The predicted molar refractivity (Wildman–Crippen MR) is 116 cm³/mol. The molecule has 3 aromatic rings. The maximum atomic E-state index is 11.0. The molecule has 0 spiro atoms. The van der Waals surface area contributed by atoms with Gasteiger partial charge in [-0.25, -0.2) is 0 Å². The Hall–Kier alpha value is -2.40. The Kier molecular flexibility index (Phi) is 6.11. The highest BCUT2D eigenvalue weighted by atomic mass is 35.5. The average molecular weight is 416 g/mol. The summed E-state index contributed by atoms with van der Waals surface area (Å²) in [6.45, 7) is 2.00. The zero-order valence-corrected chi connectivity index (χ0v) is 16.8. The molecule has 3 rings (SSSR count). The second-order valence-electron chi connectivity index (χ2n) is 5.93. The van der Waals surface area contributed by atoms with Crippen LogP contribution < -0.4 is 9.88 Å². The van der Waals surface area contributed by atoms with E-state index in [1.165, 1.54) is 0 Å². The number of rotatable bonds is 4. The smallest absolute Gasteiger partial charge is 0.288 e. The first kappa shape index (κ1) is 19.4. The lowest BCUT2D eigenvalue weighted by Gasteiger charge is -2.11. The van der Waals surface area contributed by atoms with Crippen molar-refractivity contribution in [1.29, 1.82) is 0 Å². The van der Waals surface area contributed by atoms with Gasteiger partial charge in [0.2, 0.25) is 5.76 Å². The van der Waals surface area contributed by atoms with Crippen molar-refractivity contribution in [2.24, 2.45) is 0 Å². The number of aromatic nitrogens is 1. The Balaban J connectivity index is 2.09. The molecule has 0 aliphatic carbocycles. The lowest BCUT2D eigenvalue weighted by atomic mass is 10.1. The van der Waals surface area contributed by atoms with Crippen LogP contribution in [0, 0.1) is 6.92 Å². The molecule has 0 amide bonds. The quantitative estimate of drug-likeness (QED) is 0.240. The zero-order valence-electron chi connectivity index (χ0n) is 14.5. The van der Waals surface area contributed by atoms with E-state index in [0.717, 1.165) is 11.3 Å². The number of halogens is 2. The van der Waals surface area contributed by atoms with Gasteiger partial charge in [0, 0.05) is 28.4 Å². The second-order valence-corrected chi connectivity index (χ2v) is 7.18. The third-order valence-electron chi connectivity index (χ3n) is 3.88. The van der Waals surface area contributed by atoms with Crippen LogP contribution >= 0.6 is 35.4 Å². The Morgan fingerprint density at radius 2 is 1.74 bits per heavy atom. The molecule has 6 heteroatoms. The first-order valence-electron chi connectivity index (χ1n) is 8.19. The van der Waals surface area contributed by atoms with Crippen molar-refractivity contribution < 1.29 is 9.67 Å². The molecule has 2 N–H and O–H groups in total.